The van der Waals surface area contributed by atoms with Crippen LogP contribution in [0.1, 0.15) is 26.2 Å². The normalized spacial score (nSPS) is 13.4. The molecule has 0 heterocycles. The molecule has 0 fully saturated rings. The van der Waals surface area contributed by atoms with Gasteiger partial charge in [-0.05, 0) is 6.42 Å². The first-order valence-electron chi connectivity index (χ1n) is 5.21. The molecule has 0 aliphatic carbocycles. The van der Waals surface area contributed by atoms with Gasteiger partial charge in [0.1, 0.15) is 0 Å². The van der Waals surface area contributed by atoms with E-state index in [9.17, 15) is 13.2 Å². The van der Waals surface area contributed by atoms with Gasteiger partial charge in [-0.2, -0.15) is 0 Å². The number of nitrogens with two attached hydrogens (primary N) is 1. The molecular weight excluding hydrogens is 232 g/mol. The summed E-state index contributed by atoms with van der Waals surface area (Å²) in [5.74, 6) is -0.352. The van der Waals surface area contributed by atoms with Crippen molar-refractivity contribution in [2.45, 2.75) is 32.2 Å². The minimum Gasteiger partial charge on any atom is -0.469 e. The van der Waals surface area contributed by atoms with Crippen LogP contribution in [0.25, 0.3) is 0 Å². The van der Waals surface area contributed by atoms with Crippen LogP contribution in [0.15, 0.2) is 0 Å². The lowest BCUT2D eigenvalue weighted by atomic mass is 10.2. The molecule has 0 spiro atoms. The van der Waals surface area contributed by atoms with Gasteiger partial charge in [0, 0.05) is 12.6 Å². The molecule has 0 rings (SSSR count). The smallest absolute Gasteiger partial charge is 0.307 e. The van der Waals surface area contributed by atoms with Crippen molar-refractivity contribution in [3.63, 3.8) is 0 Å². The maximum Gasteiger partial charge on any atom is 0.307 e. The molecule has 6 nitrogen and oxygen atoms in total. The van der Waals surface area contributed by atoms with Crippen LogP contribution in [-0.4, -0.2) is 39.8 Å². The number of carbonyl (C=O) groups is 1. The van der Waals surface area contributed by atoms with Gasteiger partial charge in [-0.1, -0.05) is 13.3 Å². The Kier molecular flexibility index (Phi) is 7.27. The number of unbranched alkanes of at least 4 members (excludes halogenated alkanes) is 1. The van der Waals surface area contributed by atoms with Gasteiger partial charge in [-0.3, -0.25) is 4.79 Å². The number of esters is 1. The van der Waals surface area contributed by atoms with Crippen molar-refractivity contribution in [3.05, 3.63) is 0 Å². The lowest BCUT2D eigenvalue weighted by Crippen LogP contribution is -2.39. The monoisotopic (exact) mass is 252 g/mol. The van der Waals surface area contributed by atoms with Gasteiger partial charge in [-0.25, -0.2) is 13.1 Å². The number of nitrogens with one attached hydrogen (secondary N) is 1. The second-order valence-corrected chi connectivity index (χ2v) is 5.49. The third-order valence-corrected chi connectivity index (χ3v) is 3.42. The lowest BCUT2D eigenvalue weighted by molar-refractivity contribution is -0.140. The Hall–Kier alpha value is -0.660. The first-order chi connectivity index (χ1) is 7.41. The average Bonchev–Trinajstić information content (AvgIpc) is 2.24. The van der Waals surface area contributed by atoms with Crippen LogP contribution in [0.2, 0.25) is 0 Å². The van der Waals surface area contributed by atoms with Gasteiger partial charge in [0.25, 0.3) is 0 Å². The quantitative estimate of drug-likeness (QED) is 0.572. The molecule has 0 aromatic heterocycles. The second kappa shape index (κ2) is 7.59. The van der Waals surface area contributed by atoms with Gasteiger partial charge in [0.05, 0.1) is 19.3 Å². The molecule has 0 aromatic rings. The standard InChI is InChI=1S/C9H20N2O4S/c1-3-4-5-16(13,14)11-7-8(10)6-9(12)15-2/h8,11H,3-7,10H2,1-2H3. The first-order valence-corrected chi connectivity index (χ1v) is 6.86. The number of methoxy groups -OCH3 is 1. The van der Waals surface area contributed by atoms with Gasteiger partial charge >= 0.3 is 5.97 Å². The van der Waals surface area contributed by atoms with E-state index in [1.165, 1.54) is 7.11 Å². The Bertz CT molecular complexity index is 303. The van der Waals surface area contributed by atoms with E-state index in [1.807, 2.05) is 6.92 Å². The fourth-order valence-electron chi connectivity index (χ4n) is 1.01. The number of hydrogen-bond acceptors (Lipinski definition) is 5. The summed E-state index contributed by atoms with van der Waals surface area (Å²) in [5.41, 5.74) is 5.56. The zero-order valence-corrected chi connectivity index (χ0v) is 10.5. The number of ether oxygens (including phenoxy) is 1. The summed E-state index contributed by atoms with van der Waals surface area (Å²) in [7, 11) is -2.00. The van der Waals surface area contributed by atoms with Crippen LogP contribution in [0, 0.1) is 0 Å². The Morgan fingerprint density at radius 3 is 2.62 bits per heavy atom. The van der Waals surface area contributed by atoms with Crippen LogP contribution in [0.5, 0.6) is 0 Å². The minimum atomic E-state index is -3.26. The lowest BCUT2D eigenvalue weighted by Gasteiger charge is -2.11. The molecule has 0 saturated heterocycles. The molecule has 0 aromatic carbocycles. The maximum atomic E-state index is 11.4. The molecule has 1 atom stereocenters. The highest BCUT2D eigenvalue weighted by Gasteiger charge is 2.14. The van der Waals surface area contributed by atoms with E-state index >= 15 is 0 Å². The Morgan fingerprint density at radius 1 is 1.50 bits per heavy atom. The second-order valence-electron chi connectivity index (χ2n) is 3.56. The zero-order chi connectivity index (χ0) is 12.6. The van der Waals surface area contributed by atoms with Crippen molar-refractivity contribution in [1.82, 2.24) is 4.72 Å². The van der Waals surface area contributed by atoms with Crippen molar-refractivity contribution in [2.24, 2.45) is 5.73 Å². The Balaban J connectivity index is 3.90. The molecule has 1 unspecified atom stereocenters. The van der Waals surface area contributed by atoms with E-state index in [2.05, 4.69) is 9.46 Å². The van der Waals surface area contributed by atoms with Crippen LogP contribution in [0.3, 0.4) is 0 Å². The van der Waals surface area contributed by atoms with Gasteiger partial charge < -0.3 is 10.5 Å². The Morgan fingerprint density at radius 2 is 2.12 bits per heavy atom. The summed E-state index contributed by atoms with van der Waals surface area (Å²) < 4.78 is 29.5. The van der Waals surface area contributed by atoms with E-state index in [4.69, 9.17) is 5.73 Å². The van der Waals surface area contributed by atoms with Crippen LogP contribution >= 0.6 is 0 Å². The summed E-state index contributed by atoms with van der Waals surface area (Å²) in [6.45, 7) is 1.97. The zero-order valence-electron chi connectivity index (χ0n) is 9.73. The van der Waals surface area contributed by atoms with Crippen molar-refractivity contribution in [2.75, 3.05) is 19.4 Å². The summed E-state index contributed by atoms with van der Waals surface area (Å²) >= 11 is 0. The average molecular weight is 252 g/mol. The minimum absolute atomic E-state index is 0.00674. The molecule has 0 bridgehead atoms. The number of hydrogen-bond donors (Lipinski definition) is 2. The van der Waals surface area contributed by atoms with Crippen LogP contribution in [0.4, 0.5) is 0 Å². The van der Waals surface area contributed by atoms with E-state index < -0.39 is 22.0 Å². The molecule has 16 heavy (non-hydrogen) atoms. The molecular formula is C9H20N2O4S. The van der Waals surface area contributed by atoms with Crippen molar-refractivity contribution < 1.29 is 17.9 Å². The third-order valence-electron chi connectivity index (χ3n) is 1.99. The van der Waals surface area contributed by atoms with Crippen molar-refractivity contribution in [3.8, 4) is 0 Å². The summed E-state index contributed by atoms with van der Waals surface area (Å²) in [4.78, 5) is 10.8. The number of sulfonamides is 1. The molecule has 0 radical (unpaired) electrons. The van der Waals surface area contributed by atoms with E-state index in [0.717, 1.165) is 6.42 Å². The molecule has 0 saturated carbocycles. The molecule has 0 aliphatic heterocycles. The third kappa shape index (κ3) is 7.61. The highest BCUT2D eigenvalue weighted by Crippen LogP contribution is 1.95. The molecule has 96 valence electrons. The molecule has 0 aliphatic rings. The Labute approximate surface area is 96.6 Å². The highest BCUT2D eigenvalue weighted by atomic mass is 32.2. The molecule has 0 amide bonds. The topological polar surface area (TPSA) is 98.5 Å². The van der Waals surface area contributed by atoms with Crippen molar-refractivity contribution >= 4 is 16.0 Å². The molecule has 3 N–H and O–H groups in total. The van der Waals surface area contributed by atoms with Gasteiger partial charge in [0.2, 0.25) is 10.0 Å². The van der Waals surface area contributed by atoms with Crippen molar-refractivity contribution in [1.29, 1.82) is 0 Å². The SMILES string of the molecule is CCCCS(=O)(=O)NCC(N)CC(=O)OC. The summed E-state index contributed by atoms with van der Waals surface area (Å²) in [5, 5.41) is 0. The number of rotatable bonds is 8. The van der Waals surface area contributed by atoms with Crippen LogP contribution < -0.4 is 10.5 Å². The number of carbonyl (C=O) groups excluding carboxylic acids is 1. The largest absolute Gasteiger partial charge is 0.469 e. The summed E-state index contributed by atoms with van der Waals surface area (Å²) in [6, 6.07) is -0.552. The summed E-state index contributed by atoms with van der Waals surface area (Å²) in [6.07, 6.45) is 1.43. The fourth-order valence-corrected chi connectivity index (χ4v) is 2.29. The molecule has 7 heteroatoms. The maximum absolute atomic E-state index is 11.4. The first kappa shape index (κ1) is 15.3. The van der Waals surface area contributed by atoms with E-state index in [1.54, 1.807) is 0 Å². The van der Waals surface area contributed by atoms with Gasteiger partial charge in [0.15, 0.2) is 0 Å². The highest BCUT2D eigenvalue weighted by molar-refractivity contribution is 7.89. The predicted octanol–water partition coefficient (Wildman–Crippen LogP) is -0.404. The van der Waals surface area contributed by atoms with E-state index in [0.29, 0.717) is 6.42 Å². The van der Waals surface area contributed by atoms with E-state index in [-0.39, 0.29) is 18.7 Å². The van der Waals surface area contributed by atoms with Crippen LogP contribution in [-0.2, 0) is 19.6 Å². The predicted molar refractivity (Wildman–Crippen MR) is 61.3 cm³/mol. The van der Waals surface area contributed by atoms with Gasteiger partial charge in [-0.15, -0.1) is 0 Å². The fraction of sp³-hybridized carbons (Fsp3) is 0.889.